The fourth-order valence-corrected chi connectivity index (χ4v) is 7.15. The minimum Gasteiger partial charge on any atom is -0.211 e. The normalized spacial score (nSPS) is 19.7. The van der Waals surface area contributed by atoms with E-state index in [-0.39, 0.29) is 0 Å². The van der Waals surface area contributed by atoms with Gasteiger partial charge in [0, 0.05) is 0 Å². The number of hydrogen-bond acceptors (Lipinski definition) is 8. The zero-order valence-electron chi connectivity index (χ0n) is 31.3. The molecule has 0 heterocycles. The van der Waals surface area contributed by atoms with E-state index in [1.165, 1.54) is 127 Å². The van der Waals surface area contributed by atoms with Gasteiger partial charge in [0.15, 0.2) is 12.3 Å². The highest BCUT2D eigenvalue weighted by molar-refractivity contribution is 5.37. The first-order valence-corrected chi connectivity index (χ1v) is 19.9. The molecular formula is C42H66N4O4. The average Bonchev–Trinajstić information content (AvgIpc) is 3.11. The average molecular weight is 691 g/mol. The SMILES string of the molecule is CCCCC/C=C/C1C(CCCCCCCCC(N=C=O)N=C=O)C=CC(CCCCCCCCC(N=C=O)N=C=O)C1/C=C/CCCCC. The summed E-state index contributed by atoms with van der Waals surface area (Å²) >= 11 is 0. The molecule has 8 nitrogen and oxygen atoms in total. The van der Waals surface area contributed by atoms with Gasteiger partial charge in [0.25, 0.3) is 0 Å². The Kier molecular flexibility index (Phi) is 29.5. The first-order valence-electron chi connectivity index (χ1n) is 19.9. The number of carbonyl (C=O) groups excluding carboxylic acids is 4. The summed E-state index contributed by atoms with van der Waals surface area (Å²) in [4.78, 5) is 56.3. The van der Waals surface area contributed by atoms with E-state index in [1.54, 1.807) is 0 Å². The Morgan fingerprint density at radius 2 is 0.820 bits per heavy atom. The molecule has 0 aromatic heterocycles. The molecule has 1 aliphatic rings. The Balaban J connectivity index is 2.76. The van der Waals surface area contributed by atoms with Crippen molar-refractivity contribution >= 4 is 24.3 Å². The number of hydrogen-bond donors (Lipinski definition) is 0. The van der Waals surface area contributed by atoms with Crippen molar-refractivity contribution in [1.82, 2.24) is 0 Å². The van der Waals surface area contributed by atoms with Crippen LogP contribution in [0.15, 0.2) is 56.4 Å². The highest BCUT2D eigenvalue weighted by atomic mass is 16.1. The first kappa shape index (κ1) is 44.8. The van der Waals surface area contributed by atoms with Gasteiger partial charge < -0.3 is 0 Å². The van der Waals surface area contributed by atoms with Crippen LogP contribution in [0.3, 0.4) is 0 Å². The quantitative estimate of drug-likeness (QED) is 0.0302. The number of isocyanates is 4. The van der Waals surface area contributed by atoms with E-state index in [4.69, 9.17) is 0 Å². The van der Waals surface area contributed by atoms with Crippen molar-refractivity contribution in [3.8, 4) is 0 Å². The van der Waals surface area contributed by atoms with E-state index in [9.17, 15) is 19.2 Å². The van der Waals surface area contributed by atoms with Crippen LogP contribution >= 0.6 is 0 Å². The Bertz CT molecular complexity index is 1020. The molecule has 4 atom stereocenters. The van der Waals surface area contributed by atoms with E-state index in [0.717, 1.165) is 38.5 Å². The smallest absolute Gasteiger partial charge is 0.211 e. The van der Waals surface area contributed by atoms with Gasteiger partial charge in [-0.2, -0.15) is 20.0 Å². The van der Waals surface area contributed by atoms with Crippen LogP contribution in [0.4, 0.5) is 0 Å². The standard InChI is InChI=1S/C42H66N4O4/c1-3-5-7-13-21-27-39-37(25-19-15-9-11-17-23-29-41(43-33-47)44-34-48)31-32-38(40(39)28-22-14-8-6-4-2)26-20-16-10-12-18-24-30-42(45-35-49)46-36-50/h21-22,27-28,31-32,37-42H,3-20,23-26,29-30H2,1-2H3/b27-21+,28-22+. The number of rotatable bonds is 32. The summed E-state index contributed by atoms with van der Waals surface area (Å²) in [6.07, 6.45) is 46.9. The number of aliphatic imine (C=N–C) groups is 4. The van der Waals surface area contributed by atoms with E-state index >= 15 is 0 Å². The van der Waals surface area contributed by atoms with Crippen molar-refractivity contribution in [2.45, 2.75) is 180 Å². The molecule has 0 saturated heterocycles. The minimum absolute atomic E-state index is 0.540. The molecule has 8 heteroatoms. The Morgan fingerprint density at radius 3 is 1.16 bits per heavy atom. The van der Waals surface area contributed by atoms with Gasteiger partial charge >= 0.3 is 0 Å². The highest BCUT2D eigenvalue weighted by Gasteiger charge is 2.32. The lowest BCUT2D eigenvalue weighted by atomic mass is 9.67. The lowest BCUT2D eigenvalue weighted by Gasteiger charge is -2.37. The largest absolute Gasteiger partial charge is 0.237 e. The third-order valence-corrected chi connectivity index (χ3v) is 10.0. The van der Waals surface area contributed by atoms with Crippen LogP contribution in [0.2, 0.25) is 0 Å². The summed E-state index contributed by atoms with van der Waals surface area (Å²) in [5.74, 6) is 2.22. The second kappa shape index (κ2) is 32.9. The molecule has 50 heavy (non-hydrogen) atoms. The van der Waals surface area contributed by atoms with Crippen LogP contribution in [-0.4, -0.2) is 36.7 Å². The Labute approximate surface area is 303 Å². The molecule has 0 aromatic carbocycles. The molecule has 4 unspecified atom stereocenters. The molecule has 1 rings (SSSR count). The molecule has 0 fully saturated rings. The monoisotopic (exact) mass is 691 g/mol. The van der Waals surface area contributed by atoms with Crippen molar-refractivity contribution in [1.29, 1.82) is 0 Å². The van der Waals surface area contributed by atoms with Crippen molar-refractivity contribution in [3.63, 3.8) is 0 Å². The molecule has 1 aliphatic carbocycles. The topological polar surface area (TPSA) is 118 Å². The molecule has 0 bridgehead atoms. The van der Waals surface area contributed by atoms with E-state index in [1.807, 2.05) is 0 Å². The van der Waals surface area contributed by atoms with Crippen molar-refractivity contribution in [3.05, 3.63) is 36.5 Å². The van der Waals surface area contributed by atoms with E-state index in [2.05, 4.69) is 70.3 Å². The number of nitrogens with zero attached hydrogens (tertiary/aromatic N) is 4. The number of allylic oxidation sites excluding steroid dienone is 6. The maximum atomic E-state index is 10.5. The van der Waals surface area contributed by atoms with Gasteiger partial charge in [-0.25, -0.2) is 19.2 Å². The van der Waals surface area contributed by atoms with Gasteiger partial charge in [0.1, 0.15) is 0 Å². The predicted molar refractivity (Wildman–Crippen MR) is 204 cm³/mol. The van der Waals surface area contributed by atoms with Crippen molar-refractivity contribution in [2.75, 3.05) is 0 Å². The maximum absolute atomic E-state index is 10.5. The van der Waals surface area contributed by atoms with Crippen LogP contribution in [0, 0.1) is 23.7 Å². The molecular weight excluding hydrogens is 624 g/mol. The van der Waals surface area contributed by atoms with Crippen LogP contribution in [0.25, 0.3) is 0 Å². The van der Waals surface area contributed by atoms with Gasteiger partial charge in [-0.3, -0.25) is 0 Å². The molecule has 0 N–H and O–H groups in total. The molecule has 0 saturated carbocycles. The molecule has 0 aromatic rings. The molecule has 278 valence electrons. The van der Waals surface area contributed by atoms with Crippen LogP contribution in [0.5, 0.6) is 0 Å². The zero-order valence-corrected chi connectivity index (χ0v) is 31.3. The van der Waals surface area contributed by atoms with Gasteiger partial charge in [0.2, 0.25) is 24.3 Å². The third kappa shape index (κ3) is 22.5. The predicted octanol–water partition coefficient (Wildman–Crippen LogP) is 11.5. The molecule has 0 aliphatic heterocycles. The van der Waals surface area contributed by atoms with E-state index in [0.29, 0.717) is 36.5 Å². The summed E-state index contributed by atoms with van der Waals surface area (Å²) in [5.41, 5.74) is 0. The van der Waals surface area contributed by atoms with Crippen LogP contribution in [-0.2, 0) is 19.2 Å². The van der Waals surface area contributed by atoms with Crippen LogP contribution < -0.4 is 0 Å². The Morgan fingerprint density at radius 1 is 0.480 bits per heavy atom. The minimum atomic E-state index is -0.626. The summed E-state index contributed by atoms with van der Waals surface area (Å²) in [7, 11) is 0. The maximum Gasteiger partial charge on any atom is 0.237 e. The summed E-state index contributed by atoms with van der Waals surface area (Å²) in [6.45, 7) is 4.53. The van der Waals surface area contributed by atoms with Crippen LogP contribution in [0.1, 0.15) is 168 Å². The summed E-state index contributed by atoms with van der Waals surface area (Å²) < 4.78 is 0. The lowest BCUT2D eigenvalue weighted by Crippen LogP contribution is -2.29. The first-order chi connectivity index (χ1) is 24.6. The molecule has 0 amide bonds. The summed E-state index contributed by atoms with van der Waals surface area (Å²) in [6, 6.07) is 0. The fraction of sp³-hybridized carbons (Fsp3) is 0.762. The Hall–Kier alpha value is -3.26. The molecule has 0 spiro atoms. The fourth-order valence-electron chi connectivity index (χ4n) is 7.15. The van der Waals surface area contributed by atoms with Gasteiger partial charge in [-0.05, 0) is 87.9 Å². The lowest BCUT2D eigenvalue weighted by molar-refractivity contribution is 0.257. The van der Waals surface area contributed by atoms with Crippen molar-refractivity contribution in [2.24, 2.45) is 43.6 Å². The second-order valence-corrected chi connectivity index (χ2v) is 14.0. The highest BCUT2D eigenvalue weighted by Crippen LogP contribution is 2.41. The van der Waals surface area contributed by atoms with Gasteiger partial charge in [-0.1, -0.05) is 140 Å². The second-order valence-electron chi connectivity index (χ2n) is 14.0. The third-order valence-electron chi connectivity index (χ3n) is 10.0. The number of unbranched alkanes of at least 4 members (excludes halogenated alkanes) is 16. The van der Waals surface area contributed by atoms with Gasteiger partial charge in [0.05, 0.1) is 0 Å². The van der Waals surface area contributed by atoms with E-state index < -0.39 is 12.3 Å². The summed E-state index contributed by atoms with van der Waals surface area (Å²) in [5, 5.41) is 0. The van der Waals surface area contributed by atoms with Crippen molar-refractivity contribution < 1.29 is 19.2 Å². The molecule has 0 radical (unpaired) electrons. The van der Waals surface area contributed by atoms with Gasteiger partial charge in [-0.15, -0.1) is 0 Å². The zero-order chi connectivity index (χ0) is 36.3.